The molecule has 0 unspecified atom stereocenters. The minimum Gasteiger partial charge on any atom is -0.456 e. The predicted octanol–water partition coefficient (Wildman–Crippen LogP) is 3.95. The highest BCUT2D eigenvalue weighted by Crippen LogP contribution is 2.35. The number of fused-ring (bicyclic) bond motifs is 2. The van der Waals surface area contributed by atoms with Gasteiger partial charge in [0.2, 0.25) is 0 Å². The van der Waals surface area contributed by atoms with Crippen LogP contribution < -0.4 is 0 Å². The van der Waals surface area contributed by atoms with E-state index in [-0.39, 0.29) is 24.9 Å². The first kappa shape index (κ1) is 18.4. The van der Waals surface area contributed by atoms with Crippen LogP contribution in [-0.4, -0.2) is 41.0 Å². The van der Waals surface area contributed by atoms with E-state index in [9.17, 15) is 9.59 Å². The molecule has 4 rings (SSSR count). The van der Waals surface area contributed by atoms with Crippen LogP contribution in [0.4, 0.5) is 0 Å². The third-order valence-electron chi connectivity index (χ3n) is 5.80. The number of aryl methyl sites for hydroxylation is 1. The molecular weight excluding hydrogens is 360 g/mol. The van der Waals surface area contributed by atoms with Crippen LogP contribution in [0.1, 0.15) is 50.0 Å². The van der Waals surface area contributed by atoms with Crippen molar-refractivity contribution in [3.05, 3.63) is 29.3 Å². The van der Waals surface area contributed by atoms with Crippen LogP contribution in [0.25, 0.3) is 10.2 Å². The van der Waals surface area contributed by atoms with Gasteiger partial charge in [-0.3, -0.25) is 9.59 Å². The minimum atomic E-state index is -0.320. The lowest BCUT2D eigenvalue weighted by Gasteiger charge is -2.44. The summed E-state index contributed by atoms with van der Waals surface area (Å²) < 4.78 is 6.41. The van der Waals surface area contributed by atoms with Crippen molar-refractivity contribution in [1.29, 1.82) is 0 Å². The van der Waals surface area contributed by atoms with Gasteiger partial charge in [0.15, 0.2) is 6.61 Å². The van der Waals surface area contributed by atoms with Gasteiger partial charge in [-0.1, -0.05) is 25.0 Å². The Morgan fingerprint density at radius 1 is 1.15 bits per heavy atom. The summed E-state index contributed by atoms with van der Waals surface area (Å²) >= 11 is 1.60. The maximum Gasteiger partial charge on any atom is 0.306 e. The molecule has 1 aliphatic carbocycles. The number of likely N-dealkylation sites (tertiary alicyclic amines) is 1. The summed E-state index contributed by atoms with van der Waals surface area (Å²) in [5.41, 5.74) is 0.966. The van der Waals surface area contributed by atoms with Crippen molar-refractivity contribution >= 4 is 33.4 Å². The van der Waals surface area contributed by atoms with Gasteiger partial charge in [-0.15, -0.1) is 11.3 Å². The second-order valence-corrected chi connectivity index (χ2v) is 8.69. The highest BCUT2D eigenvalue weighted by Gasteiger charge is 2.35. The van der Waals surface area contributed by atoms with Crippen molar-refractivity contribution < 1.29 is 14.3 Å². The largest absolute Gasteiger partial charge is 0.456 e. The smallest absolute Gasteiger partial charge is 0.306 e. The molecule has 2 aromatic rings. The normalized spacial score (nSPS) is 22.4. The Morgan fingerprint density at radius 2 is 1.96 bits per heavy atom. The summed E-state index contributed by atoms with van der Waals surface area (Å²) in [4.78, 5) is 31.2. The van der Waals surface area contributed by atoms with Gasteiger partial charge in [-0.2, -0.15) is 0 Å². The van der Waals surface area contributed by atoms with Crippen molar-refractivity contribution in [2.75, 3.05) is 13.2 Å². The molecule has 2 fully saturated rings. The van der Waals surface area contributed by atoms with Crippen LogP contribution in [0.3, 0.4) is 0 Å². The molecule has 2 heterocycles. The number of hydrogen-bond acceptors (Lipinski definition) is 5. The molecule has 0 spiro atoms. The van der Waals surface area contributed by atoms with E-state index < -0.39 is 0 Å². The Kier molecular flexibility index (Phi) is 5.72. The number of nitrogens with zero attached hydrogens (tertiary/aromatic N) is 2. The average molecular weight is 387 g/mol. The van der Waals surface area contributed by atoms with E-state index in [1.807, 2.05) is 29.2 Å². The van der Waals surface area contributed by atoms with Gasteiger partial charge in [0.1, 0.15) is 0 Å². The quantitative estimate of drug-likeness (QED) is 0.730. The molecule has 27 heavy (non-hydrogen) atoms. The molecule has 1 aromatic carbocycles. The number of thiazole rings is 1. The molecule has 0 bridgehead atoms. The lowest BCUT2D eigenvalue weighted by molar-refractivity contribution is -0.154. The van der Waals surface area contributed by atoms with Crippen LogP contribution in [0.5, 0.6) is 0 Å². The fraction of sp³-hybridized carbons (Fsp3) is 0.571. The van der Waals surface area contributed by atoms with Crippen LogP contribution in [0, 0.1) is 5.92 Å². The third-order valence-corrected chi connectivity index (χ3v) is 6.90. The van der Waals surface area contributed by atoms with Crippen molar-refractivity contribution in [2.45, 2.75) is 57.4 Å². The standard InChI is InChI=1S/C21H26N2O3S/c24-20(23-13-5-7-15-6-1-3-9-17(15)23)14-26-21(25)12-11-19-22-16-8-2-4-10-18(16)27-19/h2,4,8,10,15,17H,1,3,5-7,9,11-14H2/t15-,17+/m1/s1. The first-order valence-electron chi connectivity index (χ1n) is 10.0. The maximum absolute atomic E-state index is 12.6. The average Bonchev–Trinajstić information content (AvgIpc) is 3.13. The van der Waals surface area contributed by atoms with Crippen molar-refractivity contribution in [2.24, 2.45) is 5.92 Å². The number of rotatable bonds is 5. The van der Waals surface area contributed by atoms with E-state index in [1.165, 1.54) is 25.7 Å². The fourth-order valence-corrected chi connectivity index (χ4v) is 5.43. The number of hydrogen-bond donors (Lipinski definition) is 0. The zero-order chi connectivity index (χ0) is 18.6. The zero-order valence-electron chi connectivity index (χ0n) is 15.6. The number of para-hydroxylation sites is 1. The number of carbonyl (C=O) groups is 2. The van der Waals surface area contributed by atoms with E-state index >= 15 is 0 Å². The molecule has 1 amide bonds. The summed E-state index contributed by atoms with van der Waals surface area (Å²) in [5.74, 6) is 0.297. The van der Waals surface area contributed by atoms with Crippen LogP contribution in [-0.2, 0) is 20.7 Å². The molecule has 5 nitrogen and oxygen atoms in total. The number of carbonyl (C=O) groups excluding carboxylic acids is 2. The number of benzene rings is 1. The molecule has 1 saturated heterocycles. The minimum absolute atomic E-state index is 0.0278. The molecule has 2 atom stereocenters. The van der Waals surface area contributed by atoms with E-state index in [0.717, 1.165) is 34.6 Å². The molecule has 0 radical (unpaired) electrons. The van der Waals surface area contributed by atoms with E-state index in [4.69, 9.17) is 4.74 Å². The SMILES string of the molecule is O=C(CCc1nc2ccccc2s1)OCC(=O)N1CCC[C@H]2CCCC[C@@H]21. The van der Waals surface area contributed by atoms with Crippen LogP contribution in [0.15, 0.2) is 24.3 Å². The summed E-state index contributed by atoms with van der Waals surface area (Å²) in [6.45, 7) is 0.686. The van der Waals surface area contributed by atoms with E-state index in [1.54, 1.807) is 11.3 Å². The van der Waals surface area contributed by atoms with Gasteiger partial charge in [0.25, 0.3) is 5.91 Å². The predicted molar refractivity (Wildman–Crippen MR) is 106 cm³/mol. The molecule has 2 aliphatic rings. The number of ether oxygens (including phenoxy) is 1. The van der Waals surface area contributed by atoms with Gasteiger partial charge in [0, 0.05) is 19.0 Å². The number of aromatic nitrogens is 1. The topological polar surface area (TPSA) is 59.5 Å². The second-order valence-electron chi connectivity index (χ2n) is 7.58. The Balaban J connectivity index is 1.25. The summed E-state index contributed by atoms with van der Waals surface area (Å²) in [5, 5.41) is 0.931. The number of esters is 1. The molecule has 144 valence electrons. The Morgan fingerprint density at radius 3 is 2.85 bits per heavy atom. The first-order chi connectivity index (χ1) is 13.2. The molecular formula is C21H26N2O3S. The Bertz CT molecular complexity index is 784. The van der Waals surface area contributed by atoms with Crippen molar-refractivity contribution in [3.8, 4) is 0 Å². The molecule has 6 heteroatoms. The molecule has 0 N–H and O–H groups in total. The Hall–Kier alpha value is -1.95. The molecule has 1 aliphatic heterocycles. The summed E-state index contributed by atoms with van der Waals surface area (Å²) in [7, 11) is 0. The van der Waals surface area contributed by atoms with Gasteiger partial charge in [0.05, 0.1) is 21.6 Å². The van der Waals surface area contributed by atoms with Gasteiger partial charge in [-0.25, -0.2) is 4.98 Å². The van der Waals surface area contributed by atoms with Crippen molar-refractivity contribution in [1.82, 2.24) is 9.88 Å². The summed E-state index contributed by atoms with van der Waals surface area (Å²) in [6.07, 6.45) is 7.93. The maximum atomic E-state index is 12.6. The lowest BCUT2D eigenvalue weighted by atomic mass is 9.78. The fourth-order valence-electron chi connectivity index (χ4n) is 4.47. The van der Waals surface area contributed by atoms with Gasteiger partial charge < -0.3 is 9.64 Å². The first-order valence-corrected chi connectivity index (χ1v) is 10.8. The monoisotopic (exact) mass is 386 g/mol. The zero-order valence-corrected chi connectivity index (χ0v) is 16.4. The third kappa shape index (κ3) is 4.32. The highest BCUT2D eigenvalue weighted by molar-refractivity contribution is 7.18. The summed E-state index contributed by atoms with van der Waals surface area (Å²) in [6, 6.07) is 8.32. The van der Waals surface area contributed by atoms with Crippen LogP contribution >= 0.6 is 11.3 Å². The van der Waals surface area contributed by atoms with Gasteiger partial charge >= 0.3 is 5.97 Å². The van der Waals surface area contributed by atoms with Crippen molar-refractivity contribution in [3.63, 3.8) is 0 Å². The Labute approximate surface area is 163 Å². The van der Waals surface area contributed by atoms with Crippen LogP contribution in [0.2, 0.25) is 0 Å². The van der Waals surface area contributed by atoms with E-state index in [2.05, 4.69) is 4.98 Å². The molecule has 1 aromatic heterocycles. The second kappa shape index (κ2) is 8.38. The number of amides is 1. The number of piperidine rings is 1. The lowest BCUT2D eigenvalue weighted by Crippen LogP contribution is -2.50. The molecule has 1 saturated carbocycles. The van der Waals surface area contributed by atoms with E-state index in [0.29, 0.717) is 18.4 Å². The highest BCUT2D eigenvalue weighted by atomic mass is 32.1. The van der Waals surface area contributed by atoms with Gasteiger partial charge in [-0.05, 0) is 43.7 Å².